The van der Waals surface area contributed by atoms with Crippen LogP contribution in [0.3, 0.4) is 0 Å². The maximum absolute atomic E-state index is 5.82. The van der Waals surface area contributed by atoms with Gasteiger partial charge in [-0.15, -0.1) is 0 Å². The van der Waals surface area contributed by atoms with E-state index >= 15 is 0 Å². The minimum atomic E-state index is 0.424. The van der Waals surface area contributed by atoms with Gasteiger partial charge < -0.3 is 9.30 Å². The Kier molecular flexibility index (Phi) is 4.08. The summed E-state index contributed by atoms with van der Waals surface area (Å²) in [6, 6.07) is 8.92. The molecule has 0 saturated carbocycles. The van der Waals surface area contributed by atoms with Gasteiger partial charge in [-0.3, -0.25) is 4.90 Å². The van der Waals surface area contributed by atoms with E-state index in [9.17, 15) is 0 Å². The minimum absolute atomic E-state index is 0.424. The molecule has 1 aliphatic rings. The van der Waals surface area contributed by atoms with E-state index in [0.717, 1.165) is 19.7 Å². The lowest BCUT2D eigenvalue weighted by Gasteiger charge is -2.27. The zero-order chi connectivity index (χ0) is 13.9. The molecule has 0 radical (unpaired) electrons. The van der Waals surface area contributed by atoms with Crippen LogP contribution in [0.25, 0.3) is 10.9 Å². The Morgan fingerprint density at radius 1 is 1.30 bits per heavy atom. The Bertz CT molecular complexity index is 569. The fourth-order valence-electron chi connectivity index (χ4n) is 3.08. The second kappa shape index (κ2) is 5.98. The number of rotatable bonds is 4. The van der Waals surface area contributed by atoms with Crippen molar-refractivity contribution in [1.82, 2.24) is 9.47 Å². The predicted octanol–water partition coefficient (Wildman–Crippen LogP) is 3.18. The molecule has 2 aromatic rings. The van der Waals surface area contributed by atoms with Gasteiger partial charge in [0.2, 0.25) is 0 Å². The number of aryl methyl sites for hydroxylation is 1. The van der Waals surface area contributed by atoms with Crippen LogP contribution in [0, 0.1) is 0 Å². The lowest BCUT2D eigenvalue weighted by atomic mass is 10.1. The van der Waals surface area contributed by atoms with E-state index in [1.54, 1.807) is 0 Å². The van der Waals surface area contributed by atoms with Crippen LogP contribution in [0.5, 0.6) is 0 Å². The number of fused-ring (bicyclic) bond motifs is 1. The second-order valence-corrected chi connectivity index (χ2v) is 6.01. The Balaban J connectivity index is 1.64. The SMILES string of the molecule is CN(Cc1ccc2ccn(C)c2c1)C[C@H]1CCCCO1. The largest absolute Gasteiger partial charge is 0.377 e. The van der Waals surface area contributed by atoms with Crippen LogP contribution in [0.4, 0.5) is 0 Å². The molecule has 1 aliphatic heterocycles. The smallest absolute Gasteiger partial charge is 0.0702 e. The molecule has 0 amide bonds. The second-order valence-electron chi connectivity index (χ2n) is 6.01. The van der Waals surface area contributed by atoms with Gasteiger partial charge in [0.25, 0.3) is 0 Å². The number of benzene rings is 1. The zero-order valence-corrected chi connectivity index (χ0v) is 12.5. The lowest BCUT2D eigenvalue weighted by Crippen LogP contribution is -2.33. The van der Waals surface area contributed by atoms with Crippen molar-refractivity contribution in [1.29, 1.82) is 0 Å². The molecule has 2 heterocycles. The first-order valence-corrected chi connectivity index (χ1v) is 7.56. The van der Waals surface area contributed by atoms with Crippen LogP contribution in [-0.4, -0.2) is 35.8 Å². The molecule has 0 aliphatic carbocycles. The van der Waals surface area contributed by atoms with Crippen LogP contribution in [0.1, 0.15) is 24.8 Å². The maximum atomic E-state index is 5.82. The van der Waals surface area contributed by atoms with E-state index in [1.165, 1.54) is 35.7 Å². The number of hydrogen-bond acceptors (Lipinski definition) is 2. The number of hydrogen-bond donors (Lipinski definition) is 0. The van der Waals surface area contributed by atoms with Crippen LogP contribution in [0.2, 0.25) is 0 Å². The molecule has 1 aromatic carbocycles. The molecule has 3 heteroatoms. The predicted molar refractivity (Wildman–Crippen MR) is 82.8 cm³/mol. The van der Waals surface area contributed by atoms with Crippen molar-refractivity contribution >= 4 is 10.9 Å². The Morgan fingerprint density at radius 3 is 3.00 bits per heavy atom. The highest BCUT2D eigenvalue weighted by atomic mass is 16.5. The first-order chi connectivity index (χ1) is 9.72. The fraction of sp³-hybridized carbons (Fsp3) is 0.529. The van der Waals surface area contributed by atoms with Crippen molar-refractivity contribution in [3.05, 3.63) is 36.0 Å². The van der Waals surface area contributed by atoms with Gasteiger partial charge in [-0.25, -0.2) is 0 Å². The monoisotopic (exact) mass is 272 g/mol. The van der Waals surface area contributed by atoms with E-state index in [-0.39, 0.29) is 0 Å². The van der Waals surface area contributed by atoms with E-state index in [2.05, 4.69) is 54.0 Å². The Labute approximate surface area is 121 Å². The summed E-state index contributed by atoms with van der Waals surface area (Å²) in [7, 11) is 4.29. The number of aromatic nitrogens is 1. The van der Waals surface area contributed by atoms with Crippen molar-refractivity contribution < 1.29 is 4.74 Å². The molecule has 1 saturated heterocycles. The summed E-state index contributed by atoms with van der Waals surface area (Å²) in [5.74, 6) is 0. The zero-order valence-electron chi connectivity index (χ0n) is 12.5. The normalized spacial score (nSPS) is 19.9. The molecule has 1 atom stereocenters. The molecule has 0 bridgehead atoms. The maximum Gasteiger partial charge on any atom is 0.0702 e. The molecule has 3 nitrogen and oxygen atoms in total. The Hall–Kier alpha value is -1.32. The summed E-state index contributed by atoms with van der Waals surface area (Å²) in [5.41, 5.74) is 2.68. The van der Waals surface area contributed by atoms with Crippen molar-refractivity contribution in [2.75, 3.05) is 20.2 Å². The van der Waals surface area contributed by atoms with Gasteiger partial charge in [-0.2, -0.15) is 0 Å². The van der Waals surface area contributed by atoms with Crippen molar-refractivity contribution in [2.45, 2.75) is 31.9 Å². The molecule has 0 N–H and O–H groups in total. The third-order valence-corrected chi connectivity index (χ3v) is 4.19. The Morgan fingerprint density at radius 2 is 2.20 bits per heavy atom. The van der Waals surface area contributed by atoms with Gasteiger partial charge in [-0.05, 0) is 49.4 Å². The fourth-order valence-corrected chi connectivity index (χ4v) is 3.08. The average molecular weight is 272 g/mol. The van der Waals surface area contributed by atoms with E-state index < -0.39 is 0 Å². The standard InChI is InChI=1S/C17H24N2O/c1-18(13-16-5-3-4-10-20-16)12-14-6-7-15-8-9-19(2)17(15)11-14/h6-9,11,16H,3-5,10,12-13H2,1-2H3/t16-/m1/s1. The summed E-state index contributed by atoms with van der Waals surface area (Å²) >= 11 is 0. The van der Waals surface area contributed by atoms with Crippen molar-refractivity contribution in [3.63, 3.8) is 0 Å². The topological polar surface area (TPSA) is 17.4 Å². The first kappa shape index (κ1) is 13.7. The molecule has 3 rings (SSSR count). The summed E-state index contributed by atoms with van der Waals surface area (Å²) in [6.45, 7) is 2.96. The highest BCUT2D eigenvalue weighted by Gasteiger charge is 2.16. The summed E-state index contributed by atoms with van der Waals surface area (Å²) < 4.78 is 8.00. The summed E-state index contributed by atoms with van der Waals surface area (Å²) in [4.78, 5) is 2.38. The molecule has 1 fully saturated rings. The average Bonchev–Trinajstić information content (AvgIpc) is 2.81. The van der Waals surface area contributed by atoms with Crippen LogP contribution in [0.15, 0.2) is 30.5 Å². The van der Waals surface area contributed by atoms with Crippen LogP contribution in [-0.2, 0) is 18.3 Å². The van der Waals surface area contributed by atoms with Gasteiger partial charge >= 0.3 is 0 Å². The molecule has 0 unspecified atom stereocenters. The van der Waals surface area contributed by atoms with Crippen LogP contribution < -0.4 is 0 Å². The van der Waals surface area contributed by atoms with Crippen molar-refractivity contribution in [3.8, 4) is 0 Å². The molecule has 108 valence electrons. The molecule has 0 spiro atoms. The van der Waals surface area contributed by atoms with E-state index in [4.69, 9.17) is 4.74 Å². The lowest BCUT2D eigenvalue weighted by molar-refractivity contribution is -0.00258. The van der Waals surface area contributed by atoms with Gasteiger partial charge in [0, 0.05) is 38.5 Å². The van der Waals surface area contributed by atoms with Gasteiger partial charge in [0.1, 0.15) is 0 Å². The highest BCUT2D eigenvalue weighted by Crippen LogP contribution is 2.18. The summed E-state index contributed by atoms with van der Waals surface area (Å²) in [5, 5.41) is 1.31. The number of nitrogens with zero attached hydrogens (tertiary/aromatic N) is 2. The molecule has 1 aromatic heterocycles. The third-order valence-electron chi connectivity index (χ3n) is 4.19. The molecule has 20 heavy (non-hydrogen) atoms. The minimum Gasteiger partial charge on any atom is -0.377 e. The first-order valence-electron chi connectivity index (χ1n) is 7.56. The van der Waals surface area contributed by atoms with Gasteiger partial charge in [0.05, 0.1) is 6.10 Å². The quantitative estimate of drug-likeness (QED) is 0.850. The third kappa shape index (κ3) is 3.05. The van der Waals surface area contributed by atoms with Crippen LogP contribution >= 0.6 is 0 Å². The van der Waals surface area contributed by atoms with E-state index in [1.807, 2.05) is 0 Å². The van der Waals surface area contributed by atoms with Crippen molar-refractivity contribution in [2.24, 2.45) is 7.05 Å². The van der Waals surface area contributed by atoms with Gasteiger partial charge in [0.15, 0.2) is 0 Å². The number of likely N-dealkylation sites (N-methyl/N-ethyl adjacent to an activating group) is 1. The van der Waals surface area contributed by atoms with Gasteiger partial charge in [-0.1, -0.05) is 12.1 Å². The number of ether oxygens (including phenoxy) is 1. The van der Waals surface area contributed by atoms with E-state index in [0.29, 0.717) is 6.10 Å². The molecular formula is C17H24N2O. The molecular weight excluding hydrogens is 248 g/mol. The highest BCUT2D eigenvalue weighted by molar-refractivity contribution is 5.80. The summed E-state index contributed by atoms with van der Waals surface area (Å²) in [6.07, 6.45) is 6.29.